The highest BCUT2D eigenvalue weighted by molar-refractivity contribution is 5.80. The second-order valence-corrected chi connectivity index (χ2v) is 7.45. The molecule has 0 radical (unpaired) electrons. The summed E-state index contributed by atoms with van der Waals surface area (Å²) in [4.78, 5) is 18.8. The van der Waals surface area contributed by atoms with E-state index in [0.717, 1.165) is 55.2 Å². The first-order valence-corrected chi connectivity index (χ1v) is 10.6. The Morgan fingerprint density at radius 2 is 2.20 bits per heavy atom. The van der Waals surface area contributed by atoms with Crippen LogP contribution in [0.1, 0.15) is 25.6 Å². The van der Waals surface area contributed by atoms with Gasteiger partial charge in [0.05, 0.1) is 11.0 Å². The van der Waals surface area contributed by atoms with Gasteiger partial charge >= 0.3 is 0 Å². The summed E-state index contributed by atoms with van der Waals surface area (Å²) in [5.74, 6) is 1.95. The summed E-state index contributed by atoms with van der Waals surface area (Å²) >= 11 is 0. The largest absolute Gasteiger partial charge is 0.357 e. The standard InChI is InChI=1S/C22H28FN7/c1-2-24-22(26-13-6-10-20-28-18-8-3-4-9-19(18)29-20)27-16-11-14-30(15-16)21-17(23)7-5-12-25-21/h3-5,7-9,12,16H,2,6,10-11,13-15H2,1H3,(H,28,29)(H2,24,26,27). The van der Waals surface area contributed by atoms with Gasteiger partial charge in [-0.2, -0.15) is 0 Å². The average Bonchev–Trinajstić information content (AvgIpc) is 3.38. The molecule has 2 aromatic heterocycles. The second kappa shape index (κ2) is 9.56. The highest BCUT2D eigenvalue weighted by Gasteiger charge is 2.25. The predicted octanol–water partition coefficient (Wildman–Crippen LogP) is 2.86. The van der Waals surface area contributed by atoms with E-state index in [1.165, 1.54) is 6.07 Å². The Bertz CT molecular complexity index is 967. The number of aromatic amines is 1. The minimum atomic E-state index is -0.274. The van der Waals surface area contributed by atoms with Crippen molar-refractivity contribution < 1.29 is 4.39 Å². The topological polar surface area (TPSA) is 81.2 Å². The van der Waals surface area contributed by atoms with E-state index in [1.807, 2.05) is 29.2 Å². The maximum Gasteiger partial charge on any atom is 0.191 e. The van der Waals surface area contributed by atoms with Gasteiger partial charge in [-0.15, -0.1) is 0 Å². The molecule has 158 valence electrons. The monoisotopic (exact) mass is 409 g/mol. The van der Waals surface area contributed by atoms with Crippen LogP contribution in [0.2, 0.25) is 0 Å². The van der Waals surface area contributed by atoms with Crippen molar-refractivity contribution in [1.82, 2.24) is 25.6 Å². The van der Waals surface area contributed by atoms with Crippen LogP contribution >= 0.6 is 0 Å². The normalized spacial score (nSPS) is 16.9. The summed E-state index contributed by atoms with van der Waals surface area (Å²) in [5, 5.41) is 6.78. The van der Waals surface area contributed by atoms with Crippen molar-refractivity contribution in [2.45, 2.75) is 32.2 Å². The summed E-state index contributed by atoms with van der Waals surface area (Å²) in [7, 11) is 0. The Morgan fingerprint density at radius 1 is 1.30 bits per heavy atom. The molecule has 1 aromatic carbocycles. The van der Waals surface area contributed by atoms with E-state index in [9.17, 15) is 4.39 Å². The van der Waals surface area contributed by atoms with Crippen LogP contribution in [0.5, 0.6) is 0 Å². The number of rotatable bonds is 7. The number of aromatic nitrogens is 3. The number of nitrogens with zero attached hydrogens (tertiary/aromatic N) is 4. The van der Waals surface area contributed by atoms with Crippen LogP contribution in [0.4, 0.5) is 10.2 Å². The first-order chi connectivity index (χ1) is 14.7. The van der Waals surface area contributed by atoms with Crippen molar-refractivity contribution in [3.05, 3.63) is 54.2 Å². The lowest BCUT2D eigenvalue weighted by atomic mass is 10.3. The fourth-order valence-corrected chi connectivity index (χ4v) is 3.76. The average molecular weight is 410 g/mol. The third-order valence-electron chi connectivity index (χ3n) is 5.19. The summed E-state index contributed by atoms with van der Waals surface area (Å²) in [6.45, 7) is 5.03. The van der Waals surface area contributed by atoms with E-state index in [-0.39, 0.29) is 11.9 Å². The molecule has 4 rings (SSSR count). The summed E-state index contributed by atoms with van der Waals surface area (Å²) in [6, 6.07) is 11.3. The molecule has 1 saturated heterocycles. The van der Waals surface area contributed by atoms with Gasteiger partial charge in [-0.3, -0.25) is 4.99 Å². The molecule has 1 unspecified atom stereocenters. The number of anilines is 1. The number of aliphatic imine (C=N–C) groups is 1. The molecule has 7 nitrogen and oxygen atoms in total. The van der Waals surface area contributed by atoms with Crippen molar-refractivity contribution in [3.8, 4) is 0 Å². The molecular weight excluding hydrogens is 381 g/mol. The van der Waals surface area contributed by atoms with Gasteiger partial charge in [-0.05, 0) is 44.0 Å². The minimum absolute atomic E-state index is 0.208. The number of pyridine rings is 1. The fraction of sp³-hybridized carbons (Fsp3) is 0.409. The number of guanidine groups is 1. The van der Waals surface area contributed by atoms with E-state index in [1.54, 1.807) is 12.3 Å². The van der Waals surface area contributed by atoms with Crippen LogP contribution in [0.3, 0.4) is 0 Å². The van der Waals surface area contributed by atoms with Crippen LogP contribution in [-0.2, 0) is 6.42 Å². The molecule has 3 aromatic rings. The van der Waals surface area contributed by atoms with Gasteiger partial charge < -0.3 is 20.5 Å². The summed E-state index contributed by atoms with van der Waals surface area (Å²) in [5.41, 5.74) is 2.07. The molecule has 8 heteroatoms. The zero-order chi connectivity index (χ0) is 20.8. The highest BCUT2D eigenvalue weighted by Crippen LogP contribution is 2.20. The molecule has 0 aliphatic carbocycles. The third kappa shape index (κ3) is 4.87. The van der Waals surface area contributed by atoms with Gasteiger partial charge in [0.1, 0.15) is 5.82 Å². The van der Waals surface area contributed by atoms with Crippen LogP contribution < -0.4 is 15.5 Å². The molecule has 0 bridgehead atoms. The molecule has 0 saturated carbocycles. The van der Waals surface area contributed by atoms with Crippen LogP contribution in [-0.4, -0.2) is 53.1 Å². The Labute approximate surface area is 175 Å². The van der Waals surface area contributed by atoms with E-state index < -0.39 is 0 Å². The SMILES string of the molecule is CCNC(=NCCCc1nc2ccccc2[nH]1)NC1CCN(c2ncccc2F)C1. The van der Waals surface area contributed by atoms with E-state index in [4.69, 9.17) is 4.99 Å². The molecule has 0 amide bonds. The van der Waals surface area contributed by atoms with Gasteiger partial charge in [0, 0.05) is 44.8 Å². The number of aryl methyl sites for hydroxylation is 1. The number of para-hydroxylation sites is 2. The molecule has 1 atom stereocenters. The predicted molar refractivity (Wildman–Crippen MR) is 118 cm³/mol. The Morgan fingerprint density at radius 3 is 3.03 bits per heavy atom. The van der Waals surface area contributed by atoms with Crippen LogP contribution in [0.25, 0.3) is 11.0 Å². The maximum absolute atomic E-state index is 14.0. The molecule has 1 fully saturated rings. The number of benzene rings is 1. The number of hydrogen-bond acceptors (Lipinski definition) is 4. The van der Waals surface area contributed by atoms with Crippen molar-refractivity contribution in [2.75, 3.05) is 31.1 Å². The Hall–Kier alpha value is -3.16. The smallest absolute Gasteiger partial charge is 0.191 e. The number of fused-ring (bicyclic) bond motifs is 1. The zero-order valence-corrected chi connectivity index (χ0v) is 17.2. The third-order valence-corrected chi connectivity index (χ3v) is 5.19. The number of imidazole rings is 1. The van der Waals surface area contributed by atoms with Gasteiger partial charge in [0.2, 0.25) is 0 Å². The first kappa shape index (κ1) is 20.1. The Balaban J connectivity index is 1.29. The van der Waals surface area contributed by atoms with Crippen molar-refractivity contribution in [1.29, 1.82) is 0 Å². The molecule has 1 aliphatic rings. The highest BCUT2D eigenvalue weighted by atomic mass is 19.1. The number of H-pyrrole nitrogens is 1. The number of halogens is 1. The van der Waals surface area contributed by atoms with Gasteiger partial charge in [-0.25, -0.2) is 14.4 Å². The first-order valence-electron chi connectivity index (χ1n) is 10.6. The lowest BCUT2D eigenvalue weighted by Gasteiger charge is -2.19. The molecule has 3 N–H and O–H groups in total. The number of hydrogen-bond donors (Lipinski definition) is 3. The van der Waals surface area contributed by atoms with E-state index in [2.05, 4.69) is 32.5 Å². The number of nitrogens with one attached hydrogen (secondary N) is 3. The molecule has 30 heavy (non-hydrogen) atoms. The lowest BCUT2D eigenvalue weighted by molar-refractivity contribution is 0.612. The molecule has 1 aliphatic heterocycles. The summed E-state index contributed by atoms with van der Waals surface area (Å²) in [6.07, 6.45) is 4.31. The van der Waals surface area contributed by atoms with E-state index >= 15 is 0 Å². The van der Waals surface area contributed by atoms with Crippen LogP contribution in [0, 0.1) is 5.82 Å². The zero-order valence-electron chi connectivity index (χ0n) is 17.2. The van der Waals surface area contributed by atoms with Gasteiger partial charge in [0.15, 0.2) is 17.6 Å². The molecule has 3 heterocycles. The van der Waals surface area contributed by atoms with Crippen LogP contribution in [0.15, 0.2) is 47.6 Å². The fourth-order valence-electron chi connectivity index (χ4n) is 3.76. The second-order valence-electron chi connectivity index (χ2n) is 7.45. The molecular formula is C22H28FN7. The summed E-state index contributed by atoms with van der Waals surface area (Å²) < 4.78 is 14.0. The Kier molecular flexibility index (Phi) is 6.41. The van der Waals surface area contributed by atoms with Crippen molar-refractivity contribution in [3.63, 3.8) is 0 Å². The maximum atomic E-state index is 14.0. The minimum Gasteiger partial charge on any atom is -0.357 e. The van der Waals surface area contributed by atoms with Gasteiger partial charge in [-0.1, -0.05) is 12.1 Å². The van der Waals surface area contributed by atoms with E-state index in [0.29, 0.717) is 18.9 Å². The van der Waals surface area contributed by atoms with Crippen molar-refractivity contribution in [2.24, 2.45) is 4.99 Å². The quantitative estimate of drug-likeness (QED) is 0.318. The van der Waals surface area contributed by atoms with Crippen molar-refractivity contribution >= 4 is 22.8 Å². The molecule has 0 spiro atoms. The van der Waals surface area contributed by atoms with Gasteiger partial charge in [0.25, 0.3) is 0 Å². The lowest BCUT2D eigenvalue weighted by Crippen LogP contribution is -2.44.